The molecule has 4 rings (SSSR count). The van der Waals surface area contributed by atoms with Crippen LogP contribution in [0.25, 0.3) is 21.6 Å². The second-order valence-corrected chi connectivity index (χ2v) is 8.45. The largest absolute Gasteiger partial charge is 0.383 e. The molecule has 4 aromatic rings. The Hall–Kier alpha value is -2.45. The Morgan fingerprint density at radius 3 is 2.65 bits per heavy atom. The van der Waals surface area contributed by atoms with Crippen molar-refractivity contribution in [1.29, 1.82) is 0 Å². The first-order valence-corrected chi connectivity index (χ1v) is 9.81. The van der Waals surface area contributed by atoms with E-state index in [0.717, 1.165) is 21.3 Å². The van der Waals surface area contributed by atoms with Gasteiger partial charge in [0.05, 0.1) is 10.6 Å². The van der Waals surface area contributed by atoms with Gasteiger partial charge in [-0.2, -0.15) is 4.98 Å². The summed E-state index contributed by atoms with van der Waals surface area (Å²) >= 11 is 3.09. The third kappa shape index (κ3) is 3.06. The predicted molar refractivity (Wildman–Crippen MR) is 105 cm³/mol. The maximum Gasteiger partial charge on any atom is 0.240 e. The zero-order valence-corrected chi connectivity index (χ0v) is 16.2. The Balaban J connectivity index is 1.60. The molecule has 0 aliphatic heterocycles. The highest BCUT2D eigenvalue weighted by atomic mass is 32.2. The van der Waals surface area contributed by atoms with Crippen LogP contribution in [0.2, 0.25) is 0 Å². The Morgan fingerprint density at radius 2 is 1.88 bits per heavy atom. The quantitative estimate of drug-likeness (QED) is 0.400. The zero-order chi connectivity index (χ0) is 18.3. The minimum atomic E-state index is -0.0843. The van der Waals surface area contributed by atoms with Crippen molar-refractivity contribution in [2.75, 3.05) is 5.73 Å². The summed E-state index contributed by atoms with van der Waals surface area (Å²) in [5.74, 6) is 1.63. The zero-order valence-electron chi connectivity index (χ0n) is 14.6. The lowest BCUT2D eigenvalue weighted by Crippen LogP contribution is -1.98. The van der Waals surface area contributed by atoms with Crippen molar-refractivity contribution in [2.45, 2.75) is 31.2 Å². The average Bonchev–Trinajstić information content (AvgIpc) is 3.22. The summed E-state index contributed by atoms with van der Waals surface area (Å²) in [7, 11) is 0. The molecule has 2 N–H and O–H groups in total. The smallest absolute Gasteiger partial charge is 0.240 e. The number of hydrogen-bond donors (Lipinski definition) is 1. The van der Waals surface area contributed by atoms with E-state index in [1.54, 1.807) is 11.3 Å². The summed E-state index contributed by atoms with van der Waals surface area (Å²) in [6, 6.07) is 9.74. The molecule has 0 aliphatic rings. The molecule has 0 aliphatic carbocycles. The molecule has 3 heterocycles. The van der Waals surface area contributed by atoms with Crippen LogP contribution in [0, 0.1) is 13.8 Å². The first kappa shape index (κ1) is 17.0. The van der Waals surface area contributed by atoms with Gasteiger partial charge in [0.15, 0.2) is 5.16 Å². The van der Waals surface area contributed by atoms with Crippen LogP contribution in [0.15, 0.2) is 40.0 Å². The number of nitrogen functional groups attached to an aromatic ring is 1. The molecule has 1 unspecified atom stereocenters. The molecule has 0 fully saturated rings. The normalized spacial score (nSPS) is 12.6. The monoisotopic (exact) mass is 383 g/mol. The summed E-state index contributed by atoms with van der Waals surface area (Å²) in [6.07, 6.45) is 0. The first-order valence-electron chi connectivity index (χ1n) is 8.12. The minimum Gasteiger partial charge on any atom is -0.383 e. The van der Waals surface area contributed by atoms with Gasteiger partial charge in [-0.1, -0.05) is 47.3 Å². The number of rotatable bonds is 4. The molecule has 0 amide bonds. The Morgan fingerprint density at radius 1 is 1.12 bits per heavy atom. The Bertz CT molecular complexity index is 1070. The van der Waals surface area contributed by atoms with Crippen LogP contribution in [-0.4, -0.2) is 20.1 Å². The molecule has 0 saturated carbocycles. The van der Waals surface area contributed by atoms with Crippen molar-refractivity contribution in [3.8, 4) is 11.4 Å². The fourth-order valence-electron chi connectivity index (χ4n) is 2.63. The average molecular weight is 384 g/mol. The first-order chi connectivity index (χ1) is 12.5. The number of nitrogens with two attached hydrogens (primary N) is 1. The van der Waals surface area contributed by atoms with Gasteiger partial charge in [-0.3, -0.25) is 0 Å². The summed E-state index contributed by atoms with van der Waals surface area (Å²) in [4.78, 5) is 15.7. The van der Waals surface area contributed by atoms with Crippen molar-refractivity contribution in [3.63, 3.8) is 0 Å². The van der Waals surface area contributed by atoms with E-state index in [-0.39, 0.29) is 5.25 Å². The fraction of sp³-hybridized carbons (Fsp3) is 0.222. The van der Waals surface area contributed by atoms with Crippen molar-refractivity contribution in [2.24, 2.45) is 0 Å². The van der Waals surface area contributed by atoms with Crippen LogP contribution >= 0.6 is 23.1 Å². The third-order valence-corrected chi connectivity index (χ3v) is 6.19. The lowest BCUT2D eigenvalue weighted by atomic mass is 10.2. The predicted octanol–water partition coefficient (Wildman–Crippen LogP) is 4.79. The van der Waals surface area contributed by atoms with Gasteiger partial charge in [-0.05, 0) is 26.3 Å². The van der Waals surface area contributed by atoms with Gasteiger partial charge in [-0.25, -0.2) is 9.97 Å². The SMILES string of the molecule is Cc1sc2nc(SC(C)c3nc(-c4ccccc4)no3)nc(N)c2c1C. The number of thioether (sulfide) groups is 1. The molecular weight excluding hydrogens is 366 g/mol. The molecule has 0 radical (unpaired) electrons. The number of benzene rings is 1. The minimum absolute atomic E-state index is 0.0843. The molecule has 0 saturated heterocycles. The highest BCUT2D eigenvalue weighted by Gasteiger charge is 2.20. The van der Waals surface area contributed by atoms with Crippen molar-refractivity contribution in [1.82, 2.24) is 20.1 Å². The number of nitrogens with zero attached hydrogens (tertiary/aromatic N) is 4. The van der Waals surface area contributed by atoms with Gasteiger partial charge in [0.25, 0.3) is 0 Å². The van der Waals surface area contributed by atoms with E-state index >= 15 is 0 Å². The summed E-state index contributed by atoms with van der Waals surface area (Å²) in [5.41, 5.74) is 8.23. The van der Waals surface area contributed by atoms with Crippen LogP contribution in [0.5, 0.6) is 0 Å². The van der Waals surface area contributed by atoms with Crippen LogP contribution in [-0.2, 0) is 0 Å². The van der Waals surface area contributed by atoms with Gasteiger partial charge in [0.1, 0.15) is 10.6 Å². The van der Waals surface area contributed by atoms with E-state index in [9.17, 15) is 0 Å². The summed E-state index contributed by atoms with van der Waals surface area (Å²) in [5, 5.41) is 5.55. The van der Waals surface area contributed by atoms with Crippen LogP contribution in [0.4, 0.5) is 5.82 Å². The number of anilines is 1. The molecule has 6 nitrogen and oxygen atoms in total. The Kier molecular flexibility index (Phi) is 4.37. The summed E-state index contributed by atoms with van der Waals surface area (Å²) < 4.78 is 5.43. The number of aromatic nitrogens is 4. The van der Waals surface area contributed by atoms with Crippen LogP contribution in [0.1, 0.15) is 28.5 Å². The molecular formula is C18H17N5OS2. The molecule has 0 bridgehead atoms. The lowest BCUT2D eigenvalue weighted by molar-refractivity contribution is 0.380. The fourth-order valence-corrected chi connectivity index (χ4v) is 4.53. The van der Waals surface area contributed by atoms with Gasteiger partial charge in [0, 0.05) is 10.4 Å². The molecule has 1 atom stereocenters. The highest BCUT2D eigenvalue weighted by Crippen LogP contribution is 2.37. The van der Waals surface area contributed by atoms with E-state index in [2.05, 4.69) is 27.0 Å². The van der Waals surface area contributed by atoms with E-state index in [1.165, 1.54) is 16.6 Å². The lowest BCUT2D eigenvalue weighted by Gasteiger charge is -2.06. The van der Waals surface area contributed by atoms with Crippen molar-refractivity contribution in [3.05, 3.63) is 46.7 Å². The van der Waals surface area contributed by atoms with E-state index in [1.807, 2.05) is 44.2 Å². The maximum atomic E-state index is 6.16. The van der Waals surface area contributed by atoms with Gasteiger partial charge < -0.3 is 10.3 Å². The van der Waals surface area contributed by atoms with Gasteiger partial charge >= 0.3 is 0 Å². The van der Waals surface area contributed by atoms with Crippen molar-refractivity contribution < 1.29 is 4.52 Å². The number of thiophene rings is 1. The highest BCUT2D eigenvalue weighted by molar-refractivity contribution is 7.99. The molecule has 26 heavy (non-hydrogen) atoms. The van der Waals surface area contributed by atoms with E-state index in [4.69, 9.17) is 10.3 Å². The van der Waals surface area contributed by atoms with Crippen LogP contribution in [0.3, 0.4) is 0 Å². The van der Waals surface area contributed by atoms with Gasteiger partial charge in [-0.15, -0.1) is 11.3 Å². The molecule has 1 aromatic carbocycles. The molecule has 0 spiro atoms. The molecule has 132 valence electrons. The second-order valence-electron chi connectivity index (χ2n) is 5.94. The topological polar surface area (TPSA) is 90.7 Å². The van der Waals surface area contributed by atoms with E-state index in [0.29, 0.717) is 22.7 Å². The van der Waals surface area contributed by atoms with Crippen LogP contribution < -0.4 is 5.73 Å². The molecule has 3 aromatic heterocycles. The maximum absolute atomic E-state index is 6.16. The second kappa shape index (κ2) is 6.69. The van der Waals surface area contributed by atoms with Crippen molar-refractivity contribution >= 4 is 39.1 Å². The number of hydrogen-bond acceptors (Lipinski definition) is 8. The Labute approximate surface area is 158 Å². The van der Waals surface area contributed by atoms with Gasteiger partial charge in [0.2, 0.25) is 11.7 Å². The summed E-state index contributed by atoms with van der Waals surface area (Å²) in [6.45, 7) is 6.11. The number of fused-ring (bicyclic) bond motifs is 1. The number of aryl methyl sites for hydroxylation is 2. The standard InChI is InChI=1S/C18H17N5OS2/c1-9-10(2)25-17-13(9)14(19)20-18(22-17)26-11(3)16-21-15(23-24-16)12-7-5-4-6-8-12/h4-8,11H,1-3H3,(H2,19,20,22). The molecule has 8 heteroatoms. The van der Waals surface area contributed by atoms with E-state index < -0.39 is 0 Å². The third-order valence-electron chi connectivity index (χ3n) is 4.14.